The first-order chi connectivity index (χ1) is 11.7. The first kappa shape index (κ1) is 15.2. The SMILES string of the molecule is C=Nc1c(Cc2ccc(Br)c(NC3CC3)n2)c(C)nc2nonc12. The van der Waals surface area contributed by atoms with Crippen molar-refractivity contribution in [3.05, 3.63) is 33.6 Å². The Morgan fingerprint density at radius 3 is 2.92 bits per heavy atom. The molecular weight excluding hydrogens is 372 g/mol. The van der Waals surface area contributed by atoms with Crippen molar-refractivity contribution in [3.63, 3.8) is 0 Å². The van der Waals surface area contributed by atoms with Crippen molar-refractivity contribution in [3.8, 4) is 0 Å². The molecule has 0 saturated heterocycles. The molecule has 0 atom stereocenters. The van der Waals surface area contributed by atoms with E-state index in [-0.39, 0.29) is 0 Å². The Kier molecular flexibility index (Phi) is 3.76. The average Bonchev–Trinajstić information content (AvgIpc) is 3.27. The van der Waals surface area contributed by atoms with Crippen molar-refractivity contribution in [2.75, 3.05) is 5.32 Å². The number of fused-ring (bicyclic) bond motifs is 1. The maximum absolute atomic E-state index is 4.77. The molecule has 1 aliphatic carbocycles. The fraction of sp³-hybridized carbons (Fsp3) is 0.312. The molecule has 1 saturated carbocycles. The minimum Gasteiger partial charge on any atom is -0.366 e. The molecule has 3 aromatic heterocycles. The van der Waals surface area contributed by atoms with Crippen LogP contribution in [0.3, 0.4) is 0 Å². The van der Waals surface area contributed by atoms with Crippen molar-refractivity contribution in [2.24, 2.45) is 4.99 Å². The summed E-state index contributed by atoms with van der Waals surface area (Å²) in [5.74, 6) is 0.873. The summed E-state index contributed by atoms with van der Waals surface area (Å²) in [5.41, 5.74) is 4.30. The molecule has 0 radical (unpaired) electrons. The maximum atomic E-state index is 4.77. The number of hydrogen-bond donors (Lipinski definition) is 1. The van der Waals surface area contributed by atoms with Crippen LogP contribution in [-0.2, 0) is 6.42 Å². The molecule has 1 aliphatic rings. The van der Waals surface area contributed by atoms with Gasteiger partial charge in [0.1, 0.15) is 11.5 Å². The first-order valence-corrected chi connectivity index (χ1v) is 8.45. The number of aromatic nitrogens is 4. The molecule has 0 amide bonds. The number of pyridine rings is 2. The highest BCUT2D eigenvalue weighted by atomic mass is 79.9. The Morgan fingerprint density at radius 2 is 2.17 bits per heavy atom. The zero-order valence-electron chi connectivity index (χ0n) is 13.1. The van der Waals surface area contributed by atoms with Crippen molar-refractivity contribution in [2.45, 2.75) is 32.2 Å². The molecule has 0 aliphatic heterocycles. The van der Waals surface area contributed by atoms with Gasteiger partial charge in [-0.1, -0.05) is 0 Å². The van der Waals surface area contributed by atoms with Gasteiger partial charge in [-0.2, -0.15) is 0 Å². The third-order valence-electron chi connectivity index (χ3n) is 4.03. The van der Waals surface area contributed by atoms with E-state index < -0.39 is 0 Å². The molecule has 4 rings (SSSR count). The summed E-state index contributed by atoms with van der Waals surface area (Å²) in [6, 6.07) is 4.53. The van der Waals surface area contributed by atoms with Crippen molar-refractivity contribution in [1.29, 1.82) is 0 Å². The Morgan fingerprint density at radius 1 is 1.33 bits per heavy atom. The van der Waals surface area contributed by atoms with Crippen LogP contribution >= 0.6 is 15.9 Å². The van der Waals surface area contributed by atoms with Crippen LogP contribution in [0.1, 0.15) is 29.8 Å². The van der Waals surface area contributed by atoms with Gasteiger partial charge >= 0.3 is 0 Å². The Labute approximate surface area is 146 Å². The number of nitrogens with one attached hydrogen (secondary N) is 1. The zero-order valence-corrected chi connectivity index (χ0v) is 14.7. The van der Waals surface area contributed by atoms with E-state index in [9.17, 15) is 0 Å². The summed E-state index contributed by atoms with van der Waals surface area (Å²) >= 11 is 3.55. The minimum atomic E-state index is 0.443. The summed E-state index contributed by atoms with van der Waals surface area (Å²) in [7, 11) is 0. The Balaban J connectivity index is 1.73. The van der Waals surface area contributed by atoms with E-state index in [1.54, 1.807) is 0 Å². The summed E-state index contributed by atoms with van der Waals surface area (Å²) in [5, 5.41) is 11.1. The van der Waals surface area contributed by atoms with Gasteiger partial charge < -0.3 is 5.32 Å². The highest BCUT2D eigenvalue weighted by molar-refractivity contribution is 9.10. The quantitative estimate of drug-likeness (QED) is 0.674. The molecule has 0 unspecified atom stereocenters. The third-order valence-corrected chi connectivity index (χ3v) is 4.67. The molecule has 3 aromatic rings. The molecule has 7 nitrogen and oxygen atoms in total. The number of anilines is 1. The number of aliphatic imine (C=N–C) groups is 1. The summed E-state index contributed by atoms with van der Waals surface area (Å²) in [4.78, 5) is 13.3. The van der Waals surface area contributed by atoms with Crippen LogP contribution in [-0.4, -0.2) is 33.0 Å². The fourth-order valence-corrected chi connectivity index (χ4v) is 2.95. The molecule has 3 heterocycles. The Hall–Kier alpha value is -2.35. The van der Waals surface area contributed by atoms with E-state index in [1.165, 1.54) is 12.8 Å². The highest BCUT2D eigenvalue weighted by Gasteiger charge is 2.23. The second-order valence-corrected chi connectivity index (χ2v) is 6.70. The standard InChI is InChI=1S/C16H15BrN6O/c1-8-11(13(18-2)14-16(19-8)23-24-22-14)7-10-5-6-12(17)15(21-10)20-9-3-4-9/h5-6,9H,2-4,7H2,1H3,(H,20,21). The lowest BCUT2D eigenvalue weighted by molar-refractivity contribution is 0.315. The van der Waals surface area contributed by atoms with E-state index in [2.05, 4.69) is 48.3 Å². The van der Waals surface area contributed by atoms with Crippen molar-refractivity contribution in [1.82, 2.24) is 20.3 Å². The van der Waals surface area contributed by atoms with E-state index >= 15 is 0 Å². The molecule has 24 heavy (non-hydrogen) atoms. The number of halogens is 1. The molecule has 0 bridgehead atoms. The van der Waals surface area contributed by atoms with Gasteiger partial charge in [-0.25, -0.2) is 14.6 Å². The van der Waals surface area contributed by atoms with Crippen LogP contribution in [0, 0.1) is 6.92 Å². The van der Waals surface area contributed by atoms with Gasteiger partial charge in [0.15, 0.2) is 5.52 Å². The van der Waals surface area contributed by atoms with Crippen LogP contribution in [0.4, 0.5) is 11.5 Å². The van der Waals surface area contributed by atoms with Gasteiger partial charge in [0.25, 0.3) is 0 Å². The molecule has 0 spiro atoms. The maximum Gasteiger partial charge on any atom is 0.226 e. The van der Waals surface area contributed by atoms with Gasteiger partial charge in [-0.15, -0.1) is 0 Å². The van der Waals surface area contributed by atoms with Crippen molar-refractivity contribution < 1.29 is 4.63 Å². The van der Waals surface area contributed by atoms with Crippen LogP contribution in [0.15, 0.2) is 26.2 Å². The van der Waals surface area contributed by atoms with E-state index in [0.717, 1.165) is 27.2 Å². The molecule has 0 aromatic carbocycles. The van der Waals surface area contributed by atoms with Gasteiger partial charge in [0, 0.05) is 29.4 Å². The predicted molar refractivity (Wildman–Crippen MR) is 94.9 cm³/mol. The average molecular weight is 387 g/mol. The second kappa shape index (κ2) is 5.94. The predicted octanol–water partition coefficient (Wildman–Crippen LogP) is 3.58. The minimum absolute atomic E-state index is 0.443. The fourth-order valence-electron chi connectivity index (χ4n) is 2.61. The molecular formula is C16H15BrN6O. The third kappa shape index (κ3) is 2.77. The van der Waals surface area contributed by atoms with Crippen molar-refractivity contribution >= 4 is 45.3 Å². The molecule has 8 heteroatoms. The first-order valence-electron chi connectivity index (χ1n) is 7.66. The van der Waals surface area contributed by atoms with Gasteiger partial charge in [-0.3, -0.25) is 4.99 Å². The summed E-state index contributed by atoms with van der Waals surface area (Å²) < 4.78 is 5.74. The van der Waals surface area contributed by atoms with Crippen LogP contribution in [0.2, 0.25) is 0 Å². The van der Waals surface area contributed by atoms with Crippen LogP contribution < -0.4 is 5.32 Å². The lowest BCUT2D eigenvalue weighted by atomic mass is 10.0. The topological polar surface area (TPSA) is 89.1 Å². The number of nitrogens with zero attached hydrogens (tertiary/aromatic N) is 5. The summed E-state index contributed by atoms with van der Waals surface area (Å²) in [6.07, 6.45) is 2.98. The monoisotopic (exact) mass is 386 g/mol. The number of rotatable bonds is 5. The smallest absolute Gasteiger partial charge is 0.226 e. The highest BCUT2D eigenvalue weighted by Crippen LogP contribution is 2.32. The molecule has 122 valence electrons. The van der Waals surface area contributed by atoms with E-state index in [1.807, 2.05) is 19.1 Å². The number of hydrogen-bond acceptors (Lipinski definition) is 7. The van der Waals surface area contributed by atoms with Crippen LogP contribution in [0.5, 0.6) is 0 Å². The summed E-state index contributed by atoms with van der Waals surface area (Å²) in [6.45, 7) is 5.57. The van der Waals surface area contributed by atoms with Gasteiger partial charge in [-0.05, 0) is 64.9 Å². The van der Waals surface area contributed by atoms with Crippen LogP contribution in [0.25, 0.3) is 11.2 Å². The Bertz CT molecular complexity index is 934. The normalized spacial score (nSPS) is 14.1. The van der Waals surface area contributed by atoms with E-state index in [0.29, 0.717) is 29.3 Å². The number of aryl methyl sites for hydroxylation is 1. The van der Waals surface area contributed by atoms with E-state index in [4.69, 9.17) is 9.61 Å². The lowest BCUT2D eigenvalue weighted by Crippen LogP contribution is -2.06. The largest absolute Gasteiger partial charge is 0.366 e. The molecule has 1 N–H and O–H groups in total. The second-order valence-electron chi connectivity index (χ2n) is 5.85. The van der Waals surface area contributed by atoms with Gasteiger partial charge in [0.2, 0.25) is 5.65 Å². The van der Waals surface area contributed by atoms with Gasteiger partial charge in [0.05, 0.1) is 4.47 Å². The lowest BCUT2D eigenvalue weighted by Gasteiger charge is -2.11. The molecule has 1 fully saturated rings. The zero-order chi connectivity index (χ0) is 16.7.